The van der Waals surface area contributed by atoms with Crippen molar-refractivity contribution in [2.75, 3.05) is 32.2 Å². The number of nitrogens with one attached hydrogen (secondary N) is 1. The maximum Gasteiger partial charge on any atom is 0.411 e. The third kappa shape index (κ3) is 5.52. The van der Waals surface area contributed by atoms with Gasteiger partial charge in [-0.25, -0.2) is 4.79 Å². The van der Waals surface area contributed by atoms with Crippen molar-refractivity contribution in [1.29, 1.82) is 0 Å². The molecule has 2 aromatic carbocycles. The zero-order chi connectivity index (χ0) is 22.3. The molecule has 1 atom stereocenters. The van der Waals surface area contributed by atoms with E-state index in [1.54, 1.807) is 42.3 Å². The number of methoxy groups -OCH3 is 1. The van der Waals surface area contributed by atoms with E-state index in [1.807, 2.05) is 24.3 Å². The zero-order valence-electron chi connectivity index (χ0n) is 17.6. The molecule has 1 aliphatic heterocycles. The van der Waals surface area contributed by atoms with Gasteiger partial charge < -0.3 is 18.9 Å². The van der Waals surface area contributed by atoms with Crippen LogP contribution < -0.4 is 14.8 Å². The van der Waals surface area contributed by atoms with Crippen LogP contribution in [0.5, 0.6) is 11.5 Å². The molecule has 8 nitrogen and oxygen atoms in total. The molecular formula is C23H24ClN3O5. The number of hydrogen-bond donors (Lipinski definition) is 1. The highest BCUT2D eigenvalue weighted by atomic mass is 35.5. The van der Waals surface area contributed by atoms with Crippen molar-refractivity contribution < 1.29 is 23.7 Å². The van der Waals surface area contributed by atoms with Gasteiger partial charge >= 0.3 is 6.09 Å². The molecule has 1 amide bonds. The van der Waals surface area contributed by atoms with Crippen molar-refractivity contribution in [3.8, 4) is 22.8 Å². The minimum absolute atomic E-state index is 0.0108. The van der Waals surface area contributed by atoms with Crippen LogP contribution in [0.15, 0.2) is 54.7 Å². The van der Waals surface area contributed by atoms with Crippen LogP contribution in [0.3, 0.4) is 0 Å². The van der Waals surface area contributed by atoms with E-state index in [9.17, 15) is 4.79 Å². The summed E-state index contributed by atoms with van der Waals surface area (Å²) in [4.78, 5) is 12.0. The van der Waals surface area contributed by atoms with E-state index in [0.717, 1.165) is 17.7 Å². The predicted octanol–water partition coefficient (Wildman–Crippen LogP) is 4.63. The topological polar surface area (TPSA) is 83.8 Å². The fourth-order valence-electron chi connectivity index (χ4n) is 3.38. The Morgan fingerprint density at radius 2 is 2.06 bits per heavy atom. The summed E-state index contributed by atoms with van der Waals surface area (Å²) < 4.78 is 24.0. The number of carbonyl (C=O) groups is 1. The Morgan fingerprint density at radius 3 is 2.81 bits per heavy atom. The van der Waals surface area contributed by atoms with Crippen molar-refractivity contribution in [2.45, 2.75) is 19.1 Å². The first-order valence-corrected chi connectivity index (χ1v) is 10.6. The second-order valence-electron chi connectivity index (χ2n) is 7.18. The third-order valence-electron chi connectivity index (χ3n) is 4.98. The first-order valence-electron chi connectivity index (χ1n) is 10.3. The summed E-state index contributed by atoms with van der Waals surface area (Å²) in [5, 5.41) is 7.61. The quantitative estimate of drug-likeness (QED) is 0.531. The van der Waals surface area contributed by atoms with E-state index >= 15 is 0 Å². The van der Waals surface area contributed by atoms with E-state index in [-0.39, 0.29) is 12.7 Å². The lowest BCUT2D eigenvalue weighted by molar-refractivity contribution is 0.138. The minimum atomic E-state index is -0.542. The molecule has 168 valence electrons. The molecule has 1 unspecified atom stereocenters. The summed E-state index contributed by atoms with van der Waals surface area (Å²) in [6.07, 6.45) is 2.02. The second-order valence-corrected chi connectivity index (χ2v) is 7.61. The molecule has 2 heterocycles. The number of carbonyl (C=O) groups excluding carboxylic acids is 1. The maximum atomic E-state index is 12.0. The van der Waals surface area contributed by atoms with Gasteiger partial charge in [0.05, 0.1) is 32.6 Å². The van der Waals surface area contributed by atoms with Crippen LogP contribution in [0.1, 0.15) is 6.42 Å². The summed E-state index contributed by atoms with van der Waals surface area (Å²) in [5.41, 5.74) is 2.40. The maximum absolute atomic E-state index is 12.0. The summed E-state index contributed by atoms with van der Waals surface area (Å²) >= 11 is 5.85. The third-order valence-corrected chi connectivity index (χ3v) is 5.24. The first kappa shape index (κ1) is 22.0. The first-order chi connectivity index (χ1) is 15.6. The normalized spacial score (nSPS) is 15.4. The molecule has 1 saturated heterocycles. The van der Waals surface area contributed by atoms with Crippen molar-refractivity contribution in [3.63, 3.8) is 0 Å². The fraction of sp³-hybridized carbons (Fsp3) is 0.304. The Bertz CT molecular complexity index is 1050. The summed E-state index contributed by atoms with van der Waals surface area (Å²) in [7, 11) is 1.61. The van der Waals surface area contributed by atoms with Crippen LogP contribution in [0, 0.1) is 0 Å². The van der Waals surface area contributed by atoms with Crippen LogP contribution in [0.4, 0.5) is 10.5 Å². The number of anilines is 1. The van der Waals surface area contributed by atoms with Crippen molar-refractivity contribution >= 4 is 23.4 Å². The Balaban J connectivity index is 1.38. The SMILES string of the molecule is COc1ccc(-c2ccnn2CCOC(=O)Nc2ccc(Cl)cc2)cc1OC1CCOC1. The van der Waals surface area contributed by atoms with Crippen LogP contribution in [0.2, 0.25) is 5.02 Å². The largest absolute Gasteiger partial charge is 0.493 e. The number of amides is 1. The van der Waals surface area contributed by atoms with E-state index in [0.29, 0.717) is 42.0 Å². The van der Waals surface area contributed by atoms with Gasteiger partial charge in [0.15, 0.2) is 11.5 Å². The molecule has 0 bridgehead atoms. The average molecular weight is 458 g/mol. The number of benzene rings is 2. The van der Waals surface area contributed by atoms with Crippen molar-refractivity contribution in [2.24, 2.45) is 0 Å². The zero-order valence-corrected chi connectivity index (χ0v) is 18.4. The van der Waals surface area contributed by atoms with Crippen molar-refractivity contribution in [1.82, 2.24) is 9.78 Å². The van der Waals surface area contributed by atoms with Gasteiger partial charge in [-0.1, -0.05) is 11.6 Å². The number of halogens is 1. The average Bonchev–Trinajstić information content (AvgIpc) is 3.47. The standard InChI is InChI=1S/C23H24ClN3O5/c1-29-21-7-2-16(14-22(21)32-19-9-12-30-15-19)20-8-10-25-27(20)11-13-31-23(28)26-18-5-3-17(24)4-6-18/h2-8,10,14,19H,9,11-13,15H2,1H3,(H,26,28). The van der Waals surface area contributed by atoms with E-state index in [2.05, 4.69) is 10.4 Å². The number of nitrogens with zero attached hydrogens (tertiary/aromatic N) is 2. The molecule has 4 rings (SSSR count). The Hall–Kier alpha value is -3.23. The van der Waals surface area contributed by atoms with Gasteiger partial charge in [0.25, 0.3) is 0 Å². The monoisotopic (exact) mass is 457 g/mol. The van der Waals surface area contributed by atoms with Crippen LogP contribution in [-0.4, -0.2) is 48.9 Å². The molecule has 0 aliphatic carbocycles. The van der Waals surface area contributed by atoms with Gasteiger partial charge in [-0.05, 0) is 48.5 Å². The van der Waals surface area contributed by atoms with Crippen LogP contribution >= 0.6 is 11.6 Å². The van der Waals surface area contributed by atoms with E-state index in [4.69, 9.17) is 30.5 Å². The van der Waals surface area contributed by atoms with Crippen LogP contribution in [-0.2, 0) is 16.0 Å². The molecule has 9 heteroatoms. The van der Waals surface area contributed by atoms with Gasteiger partial charge in [-0.3, -0.25) is 10.00 Å². The molecule has 0 radical (unpaired) electrons. The fourth-order valence-corrected chi connectivity index (χ4v) is 3.51. The highest BCUT2D eigenvalue weighted by molar-refractivity contribution is 6.30. The molecule has 32 heavy (non-hydrogen) atoms. The Labute approximate surface area is 191 Å². The lowest BCUT2D eigenvalue weighted by atomic mass is 10.1. The van der Waals surface area contributed by atoms with Gasteiger partial charge in [-0.15, -0.1) is 0 Å². The Morgan fingerprint density at radius 1 is 1.22 bits per heavy atom. The molecule has 1 fully saturated rings. The smallest absolute Gasteiger partial charge is 0.411 e. The minimum Gasteiger partial charge on any atom is -0.493 e. The molecule has 1 aromatic heterocycles. The predicted molar refractivity (Wildman–Crippen MR) is 120 cm³/mol. The number of aromatic nitrogens is 2. The Kier molecular flexibility index (Phi) is 7.14. The van der Waals surface area contributed by atoms with Crippen molar-refractivity contribution in [3.05, 3.63) is 59.8 Å². The molecule has 0 spiro atoms. The van der Waals surface area contributed by atoms with E-state index in [1.165, 1.54) is 0 Å². The lowest BCUT2D eigenvalue weighted by Crippen LogP contribution is -2.18. The molecule has 1 aliphatic rings. The number of ether oxygens (including phenoxy) is 4. The van der Waals surface area contributed by atoms with E-state index < -0.39 is 6.09 Å². The highest BCUT2D eigenvalue weighted by Gasteiger charge is 2.20. The van der Waals surface area contributed by atoms with Crippen LogP contribution in [0.25, 0.3) is 11.3 Å². The van der Waals surface area contributed by atoms with Gasteiger partial charge in [0, 0.05) is 28.9 Å². The molecule has 0 saturated carbocycles. The summed E-state index contributed by atoms with van der Waals surface area (Å²) in [6.45, 7) is 1.83. The summed E-state index contributed by atoms with van der Waals surface area (Å²) in [6, 6.07) is 14.4. The van der Waals surface area contributed by atoms with Gasteiger partial charge in [-0.2, -0.15) is 5.10 Å². The molecular weight excluding hydrogens is 434 g/mol. The highest BCUT2D eigenvalue weighted by Crippen LogP contribution is 2.34. The number of hydrogen-bond acceptors (Lipinski definition) is 6. The molecule has 3 aromatic rings. The van der Waals surface area contributed by atoms with Gasteiger partial charge in [0.1, 0.15) is 12.7 Å². The second kappa shape index (κ2) is 10.4. The number of rotatable bonds is 8. The summed E-state index contributed by atoms with van der Waals surface area (Å²) in [5.74, 6) is 1.32. The lowest BCUT2D eigenvalue weighted by Gasteiger charge is -2.16. The van der Waals surface area contributed by atoms with Gasteiger partial charge in [0.2, 0.25) is 0 Å². The molecule has 1 N–H and O–H groups in total.